The fourth-order valence-electron chi connectivity index (χ4n) is 1.47. The van der Waals surface area contributed by atoms with Crippen LogP contribution < -0.4 is 15.4 Å². The van der Waals surface area contributed by atoms with E-state index in [1.807, 2.05) is 13.8 Å². The van der Waals surface area contributed by atoms with Crippen LogP contribution in [0.5, 0.6) is 6.01 Å². The molecule has 0 aliphatic heterocycles. The number of hydrogen-bond acceptors (Lipinski definition) is 6. The van der Waals surface area contributed by atoms with Crippen molar-refractivity contribution in [2.75, 3.05) is 5.32 Å². The maximum atomic E-state index is 11.8. The van der Waals surface area contributed by atoms with Gasteiger partial charge in [-0.2, -0.15) is 15.0 Å². The van der Waals surface area contributed by atoms with Crippen LogP contribution in [0.15, 0.2) is 0 Å². The third-order valence-electron chi connectivity index (χ3n) is 2.59. The highest BCUT2D eigenvalue weighted by molar-refractivity contribution is 6.28. The van der Waals surface area contributed by atoms with Crippen LogP contribution >= 0.6 is 11.6 Å². The highest BCUT2D eigenvalue weighted by atomic mass is 35.5. The molecule has 7 nitrogen and oxygen atoms in total. The molecule has 1 aromatic heterocycles. The molecule has 8 heteroatoms. The van der Waals surface area contributed by atoms with E-state index in [1.54, 1.807) is 6.92 Å². The van der Waals surface area contributed by atoms with Gasteiger partial charge in [0.2, 0.25) is 17.1 Å². The first-order valence-corrected chi connectivity index (χ1v) is 6.97. The number of halogens is 1. The van der Waals surface area contributed by atoms with Gasteiger partial charge in [0, 0.05) is 6.04 Å². The van der Waals surface area contributed by atoms with Gasteiger partial charge in [0.1, 0.15) is 6.04 Å². The van der Waals surface area contributed by atoms with Crippen molar-refractivity contribution in [3.8, 4) is 6.01 Å². The molecule has 0 saturated heterocycles. The average molecular weight is 300 g/mol. The van der Waals surface area contributed by atoms with Gasteiger partial charge in [0.05, 0.1) is 6.10 Å². The Hall–Kier alpha value is -1.63. The predicted molar refractivity (Wildman–Crippen MR) is 74.9 cm³/mol. The molecule has 1 saturated carbocycles. The second-order valence-electron chi connectivity index (χ2n) is 5.03. The largest absolute Gasteiger partial charge is 0.461 e. The monoisotopic (exact) mass is 299 g/mol. The van der Waals surface area contributed by atoms with Crippen LogP contribution in [0.1, 0.15) is 33.6 Å². The highest BCUT2D eigenvalue weighted by Crippen LogP contribution is 2.19. The average Bonchev–Trinajstić information content (AvgIpc) is 3.10. The topological polar surface area (TPSA) is 89.0 Å². The first kappa shape index (κ1) is 14.8. The maximum absolute atomic E-state index is 11.8. The van der Waals surface area contributed by atoms with E-state index in [4.69, 9.17) is 16.3 Å². The molecule has 1 aromatic rings. The van der Waals surface area contributed by atoms with E-state index in [1.165, 1.54) is 0 Å². The molecule has 20 heavy (non-hydrogen) atoms. The zero-order valence-corrected chi connectivity index (χ0v) is 12.4. The number of aromatic nitrogens is 3. The summed E-state index contributed by atoms with van der Waals surface area (Å²) >= 11 is 5.81. The number of amides is 1. The third-order valence-corrected chi connectivity index (χ3v) is 2.76. The first-order chi connectivity index (χ1) is 9.44. The summed E-state index contributed by atoms with van der Waals surface area (Å²) in [6.45, 7) is 5.45. The summed E-state index contributed by atoms with van der Waals surface area (Å²) < 4.78 is 5.37. The second-order valence-corrected chi connectivity index (χ2v) is 5.36. The van der Waals surface area contributed by atoms with E-state index >= 15 is 0 Å². The third kappa shape index (κ3) is 4.48. The number of ether oxygens (including phenoxy) is 1. The molecule has 1 aliphatic carbocycles. The van der Waals surface area contributed by atoms with Crippen molar-refractivity contribution >= 4 is 23.5 Å². The van der Waals surface area contributed by atoms with Gasteiger partial charge in [-0.3, -0.25) is 4.79 Å². The number of anilines is 1. The zero-order chi connectivity index (χ0) is 14.7. The van der Waals surface area contributed by atoms with Crippen molar-refractivity contribution in [1.29, 1.82) is 0 Å². The number of carbonyl (C=O) groups is 1. The molecule has 1 aliphatic rings. The molecule has 0 bridgehead atoms. The van der Waals surface area contributed by atoms with Crippen molar-refractivity contribution in [2.45, 2.75) is 51.8 Å². The Bertz CT molecular complexity index is 493. The van der Waals surface area contributed by atoms with E-state index in [9.17, 15) is 4.79 Å². The quantitative estimate of drug-likeness (QED) is 0.825. The van der Waals surface area contributed by atoms with Crippen molar-refractivity contribution < 1.29 is 9.53 Å². The molecule has 110 valence electrons. The lowest BCUT2D eigenvalue weighted by molar-refractivity contribution is -0.121. The Morgan fingerprint density at radius 1 is 1.30 bits per heavy atom. The minimum atomic E-state index is -0.457. The first-order valence-electron chi connectivity index (χ1n) is 6.59. The Labute approximate surface area is 122 Å². The summed E-state index contributed by atoms with van der Waals surface area (Å²) in [6, 6.07) is -0.00759. The van der Waals surface area contributed by atoms with Crippen LogP contribution in [-0.4, -0.2) is 39.0 Å². The lowest BCUT2D eigenvalue weighted by Gasteiger charge is -2.14. The molecule has 0 spiro atoms. The van der Waals surface area contributed by atoms with Crippen LogP contribution in [-0.2, 0) is 4.79 Å². The van der Waals surface area contributed by atoms with E-state index in [-0.39, 0.29) is 29.3 Å². The summed E-state index contributed by atoms with van der Waals surface area (Å²) in [4.78, 5) is 23.7. The zero-order valence-electron chi connectivity index (χ0n) is 11.7. The molecule has 0 aromatic carbocycles. The number of rotatable bonds is 6. The van der Waals surface area contributed by atoms with Crippen molar-refractivity contribution in [1.82, 2.24) is 20.3 Å². The molecule has 1 amide bonds. The molecule has 2 N–H and O–H groups in total. The normalized spacial score (nSPS) is 15.8. The Kier molecular flexibility index (Phi) is 4.59. The standard InChI is InChI=1S/C12H18ClN5O2/c1-6(2)20-12-17-10(13)16-11(18-12)14-7(3)9(19)15-8-4-5-8/h6-8H,4-5H2,1-3H3,(H,15,19)(H,14,16,17,18). The number of nitrogens with one attached hydrogen (secondary N) is 2. The molecule has 1 atom stereocenters. The van der Waals surface area contributed by atoms with E-state index < -0.39 is 6.04 Å². The fourth-order valence-corrected chi connectivity index (χ4v) is 1.63. The Morgan fingerprint density at radius 3 is 2.60 bits per heavy atom. The summed E-state index contributed by atoms with van der Waals surface area (Å²) in [5, 5.41) is 5.81. The van der Waals surface area contributed by atoms with E-state index in [0.29, 0.717) is 6.04 Å². The summed E-state index contributed by atoms with van der Waals surface area (Å²) in [5.74, 6) is 0.134. The van der Waals surface area contributed by atoms with Crippen molar-refractivity contribution in [2.24, 2.45) is 0 Å². The van der Waals surface area contributed by atoms with Gasteiger partial charge in [0.25, 0.3) is 0 Å². The van der Waals surface area contributed by atoms with Crippen LogP contribution in [0.3, 0.4) is 0 Å². The number of carbonyl (C=O) groups excluding carboxylic acids is 1. The van der Waals surface area contributed by atoms with Gasteiger partial charge in [-0.1, -0.05) is 0 Å². The number of hydrogen-bond donors (Lipinski definition) is 2. The van der Waals surface area contributed by atoms with E-state index in [0.717, 1.165) is 12.8 Å². The van der Waals surface area contributed by atoms with Gasteiger partial charge in [-0.25, -0.2) is 0 Å². The fraction of sp³-hybridized carbons (Fsp3) is 0.667. The lowest BCUT2D eigenvalue weighted by Crippen LogP contribution is -2.39. The van der Waals surface area contributed by atoms with Gasteiger partial charge >= 0.3 is 6.01 Å². The van der Waals surface area contributed by atoms with Crippen LogP contribution in [0, 0.1) is 0 Å². The van der Waals surface area contributed by atoms with Gasteiger partial charge < -0.3 is 15.4 Å². The SMILES string of the molecule is CC(C)Oc1nc(Cl)nc(NC(C)C(=O)NC2CC2)n1. The minimum Gasteiger partial charge on any atom is -0.461 e. The Morgan fingerprint density at radius 2 is 2.00 bits per heavy atom. The molecule has 1 heterocycles. The maximum Gasteiger partial charge on any atom is 0.322 e. The van der Waals surface area contributed by atoms with Crippen molar-refractivity contribution in [3.63, 3.8) is 0 Å². The van der Waals surface area contributed by atoms with Gasteiger partial charge in [0.15, 0.2) is 0 Å². The molecular formula is C12H18ClN5O2. The molecular weight excluding hydrogens is 282 g/mol. The van der Waals surface area contributed by atoms with Crippen LogP contribution in [0.2, 0.25) is 5.28 Å². The molecule has 2 rings (SSSR count). The predicted octanol–water partition coefficient (Wildman–Crippen LogP) is 1.39. The number of nitrogens with zero attached hydrogens (tertiary/aromatic N) is 3. The highest BCUT2D eigenvalue weighted by Gasteiger charge is 2.26. The summed E-state index contributed by atoms with van der Waals surface area (Å²) in [5.41, 5.74) is 0. The summed E-state index contributed by atoms with van der Waals surface area (Å²) in [7, 11) is 0. The second kappa shape index (κ2) is 6.21. The smallest absolute Gasteiger partial charge is 0.322 e. The van der Waals surface area contributed by atoms with Crippen LogP contribution in [0.4, 0.5) is 5.95 Å². The summed E-state index contributed by atoms with van der Waals surface area (Å²) in [6.07, 6.45) is 2.02. The van der Waals surface area contributed by atoms with Gasteiger partial charge in [-0.05, 0) is 45.2 Å². The molecule has 0 radical (unpaired) electrons. The molecule has 1 fully saturated rings. The van der Waals surface area contributed by atoms with Crippen LogP contribution in [0.25, 0.3) is 0 Å². The Balaban J connectivity index is 1.99. The molecule has 1 unspecified atom stereocenters. The van der Waals surface area contributed by atoms with E-state index in [2.05, 4.69) is 25.6 Å². The lowest BCUT2D eigenvalue weighted by atomic mass is 10.3. The minimum absolute atomic E-state index is 0.0213. The van der Waals surface area contributed by atoms with Crippen molar-refractivity contribution in [3.05, 3.63) is 5.28 Å². The van der Waals surface area contributed by atoms with Gasteiger partial charge in [-0.15, -0.1) is 0 Å².